The molecule has 6 N–H and O–H groups in total. The highest BCUT2D eigenvalue weighted by Gasteiger charge is 2.36. The fraction of sp³-hybridized carbons (Fsp3) is 0.444. The van der Waals surface area contributed by atoms with Gasteiger partial charge in [-0.1, -0.05) is 102 Å². The fourth-order valence-electron chi connectivity index (χ4n) is 4.93. The van der Waals surface area contributed by atoms with Gasteiger partial charge in [-0.05, 0) is 40.5 Å². The van der Waals surface area contributed by atoms with Crippen LogP contribution in [0.2, 0.25) is 0 Å². The number of nitrogens with two attached hydrogens (primary N) is 1. The summed E-state index contributed by atoms with van der Waals surface area (Å²) in [4.78, 5) is 43.5. The van der Waals surface area contributed by atoms with Crippen molar-refractivity contribution in [2.75, 3.05) is 13.7 Å². The third kappa shape index (κ3) is 11.5. The molecule has 4 unspecified atom stereocenters. The molecule has 0 radical (unpaired) electrons. The van der Waals surface area contributed by atoms with Crippen molar-refractivity contribution in [2.45, 2.75) is 78.7 Å². The first-order valence-corrected chi connectivity index (χ1v) is 15.8. The standard InChI is InChI=1S/C36H50N6O5/c1-35(2,3)30(37)32(44)41-42(22-25-16-18-26(19-17-25)27-15-11-12-20-38-27)23-29(43)28(21-24-13-9-8-10-14-24)39-33(45)31(36(4,5)6)40-34(46)47-7/h8-20,28-31,43H,21-23,37H2,1-7H3,(H,39,45)(H,40,46)(H,41,44). The van der Waals surface area contributed by atoms with E-state index in [1.807, 2.05) is 114 Å². The van der Waals surface area contributed by atoms with Crippen molar-refractivity contribution in [3.05, 3.63) is 90.1 Å². The molecule has 0 saturated carbocycles. The van der Waals surface area contributed by atoms with Crippen molar-refractivity contribution in [1.82, 2.24) is 26.1 Å². The first kappa shape index (κ1) is 37.1. The van der Waals surface area contributed by atoms with E-state index in [1.165, 1.54) is 7.11 Å². The van der Waals surface area contributed by atoms with Gasteiger partial charge in [-0.2, -0.15) is 0 Å². The zero-order valence-electron chi connectivity index (χ0n) is 28.5. The number of carbonyl (C=O) groups excluding carboxylic acids is 3. The molecule has 0 aliphatic carbocycles. The van der Waals surface area contributed by atoms with Gasteiger partial charge in [0.05, 0.1) is 31.0 Å². The molecule has 4 atom stereocenters. The molecule has 2 aromatic carbocycles. The first-order valence-electron chi connectivity index (χ1n) is 15.8. The topological polar surface area (TPSA) is 159 Å². The van der Waals surface area contributed by atoms with Crippen LogP contribution in [-0.2, 0) is 27.3 Å². The number of aromatic nitrogens is 1. The average molecular weight is 647 g/mol. The summed E-state index contributed by atoms with van der Waals surface area (Å²) in [7, 11) is 1.23. The third-order valence-electron chi connectivity index (χ3n) is 7.85. The monoisotopic (exact) mass is 646 g/mol. The van der Waals surface area contributed by atoms with Gasteiger partial charge in [-0.3, -0.25) is 20.0 Å². The van der Waals surface area contributed by atoms with E-state index in [0.29, 0.717) is 6.42 Å². The number of hydrogen-bond acceptors (Lipinski definition) is 8. The molecule has 3 aromatic rings. The van der Waals surface area contributed by atoms with Gasteiger partial charge < -0.3 is 26.2 Å². The second kappa shape index (κ2) is 16.5. The molecule has 0 spiro atoms. The summed E-state index contributed by atoms with van der Waals surface area (Å²) in [5.74, 6) is -0.869. The van der Waals surface area contributed by atoms with Crippen molar-refractivity contribution in [2.24, 2.45) is 16.6 Å². The molecule has 1 aromatic heterocycles. The predicted molar refractivity (Wildman–Crippen MR) is 183 cm³/mol. The number of aliphatic hydroxyl groups excluding tert-OH is 1. The molecule has 0 aliphatic rings. The Morgan fingerprint density at radius 1 is 0.851 bits per heavy atom. The van der Waals surface area contributed by atoms with Crippen LogP contribution in [0.4, 0.5) is 4.79 Å². The second-order valence-electron chi connectivity index (χ2n) is 13.9. The van der Waals surface area contributed by atoms with Crippen LogP contribution in [0.25, 0.3) is 11.3 Å². The van der Waals surface area contributed by atoms with E-state index in [9.17, 15) is 19.5 Å². The van der Waals surface area contributed by atoms with Crippen LogP contribution in [0.1, 0.15) is 52.7 Å². The summed E-state index contributed by atoms with van der Waals surface area (Å²) < 4.78 is 4.76. The largest absolute Gasteiger partial charge is 0.453 e. The molecule has 3 amide bonds. The Kier molecular flexibility index (Phi) is 13.0. The average Bonchev–Trinajstić information content (AvgIpc) is 3.02. The number of carbonyl (C=O) groups is 3. The molecule has 11 nitrogen and oxygen atoms in total. The minimum Gasteiger partial charge on any atom is -0.453 e. The number of aliphatic hydroxyl groups is 1. The Balaban J connectivity index is 1.89. The van der Waals surface area contributed by atoms with Gasteiger partial charge >= 0.3 is 6.09 Å². The zero-order chi connectivity index (χ0) is 34.8. The SMILES string of the molecule is COC(=O)NC(C(=O)NC(Cc1ccccc1)C(O)CN(Cc1ccc(-c2ccccn2)cc1)NC(=O)C(N)C(C)(C)C)C(C)(C)C. The highest BCUT2D eigenvalue weighted by molar-refractivity contribution is 5.86. The summed E-state index contributed by atoms with van der Waals surface area (Å²) in [6.45, 7) is 11.3. The van der Waals surface area contributed by atoms with Crippen LogP contribution in [-0.4, -0.2) is 70.9 Å². The van der Waals surface area contributed by atoms with Crippen LogP contribution < -0.4 is 21.8 Å². The number of alkyl carbamates (subject to hydrolysis) is 1. The van der Waals surface area contributed by atoms with Crippen molar-refractivity contribution < 1.29 is 24.2 Å². The Bertz CT molecular complexity index is 1440. The Labute approximate surface area is 278 Å². The molecule has 0 saturated heterocycles. The lowest BCUT2D eigenvalue weighted by Crippen LogP contribution is -2.60. The van der Waals surface area contributed by atoms with Gasteiger partial charge in [0.25, 0.3) is 5.91 Å². The number of nitrogens with zero attached hydrogens (tertiary/aromatic N) is 2. The molecule has 0 bridgehead atoms. The zero-order valence-corrected chi connectivity index (χ0v) is 28.5. The van der Waals surface area contributed by atoms with E-state index in [0.717, 1.165) is 22.4 Å². The number of rotatable bonds is 13. The number of hydrazine groups is 1. The molecule has 1 heterocycles. The summed E-state index contributed by atoms with van der Waals surface area (Å²) in [6, 6.07) is 20.4. The maximum Gasteiger partial charge on any atom is 0.407 e. The lowest BCUT2D eigenvalue weighted by atomic mass is 9.85. The number of pyridine rings is 1. The quantitative estimate of drug-likeness (QED) is 0.175. The third-order valence-corrected chi connectivity index (χ3v) is 7.85. The summed E-state index contributed by atoms with van der Waals surface area (Å²) in [5, 5.41) is 18.9. The van der Waals surface area contributed by atoms with Crippen molar-refractivity contribution in [3.63, 3.8) is 0 Å². The van der Waals surface area contributed by atoms with Gasteiger partial charge in [0, 0.05) is 24.8 Å². The van der Waals surface area contributed by atoms with Crippen LogP contribution >= 0.6 is 0 Å². The summed E-state index contributed by atoms with van der Waals surface area (Å²) in [5.41, 5.74) is 11.6. The minimum atomic E-state index is -1.14. The summed E-state index contributed by atoms with van der Waals surface area (Å²) >= 11 is 0. The molecule has 254 valence electrons. The number of amides is 3. The van der Waals surface area contributed by atoms with Crippen LogP contribution in [0.5, 0.6) is 0 Å². The molecule has 0 aliphatic heterocycles. The van der Waals surface area contributed by atoms with Crippen LogP contribution in [0, 0.1) is 10.8 Å². The van der Waals surface area contributed by atoms with Gasteiger partial charge in [0.2, 0.25) is 5.91 Å². The van der Waals surface area contributed by atoms with Gasteiger partial charge in [-0.25, -0.2) is 9.80 Å². The molecule has 11 heteroatoms. The molecule has 47 heavy (non-hydrogen) atoms. The second-order valence-corrected chi connectivity index (χ2v) is 13.9. The van der Waals surface area contributed by atoms with E-state index in [1.54, 1.807) is 11.2 Å². The Hall–Kier alpha value is -4.32. The van der Waals surface area contributed by atoms with Gasteiger partial charge in [-0.15, -0.1) is 0 Å². The molecule has 0 fully saturated rings. The first-order chi connectivity index (χ1) is 22.1. The summed E-state index contributed by atoms with van der Waals surface area (Å²) in [6.07, 6.45) is 0.153. The van der Waals surface area contributed by atoms with Crippen molar-refractivity contribution in [1.29, 1.82) is 0 Å². The van der Waals surface area contributed by atoms with E-state index in [-0.39, 0.29) is 13.1 Å². The lowest BCUT2D eigenvalue weighted by Gasteiger charge is -2.35. The number of nitrogens with one attached hydrogen (secondary N) is 3. The van der Waals surface area contributed by atoms with E-state index in [2.05, 4.69) is 21.0 Å². The minimum absolute atomic E-state index is 0.0347. The highest BCUT2D eigenvalue weighted by Crippen LogP contribution is 2.22. The predicted octanol–water partition coefficient (Wildman–Crippen LogP) is 3.81. The van der Waals surface area contributed by atoms with E-state index < -0.39 is 53.0 Å². The molecule has 3 rings (SSSR count). The maximum atomic E-state index is 13.7. The highest BCUT2D eigenvalue weighted by atomic mass is 16.5. The van der Waals surface area contributed by atoms with Crippen molar-refractivity contribution in [3.8, 4) is 11.3 Å². The van der Waals surface area contributed by atoms with Gasteiger partial charge in [0.15, 0.2) is 0 Å². The molecular weight excluding hydrogens is 596 g/mol. The van der Waals surface area contributed by atoms with Gasteiger partial charge in [0.1, 0.15) is 6.04 Å². The maximum absolute atomic E-state index is 13.7. The smallest absolute Gasteiger partial charge is 0.407 e. The molecular formula is C36H50N6O5. The van der Waals surface area contributed by atoms with E-state index in [4.69, 9.17) is 10.5 Å². The lowest BCUT2D eigenvalue weighted by molar-refractivity contribution is -0.131. The Morgan fingerprint density at radius 3 is 2.04 bits per heavy atom. The Morgan fingerprint density at radius 2 is 1.49 bits per heavy atom. The number of benzene rings is 2. The number of methoxy groups -OCH3 is 1. The van der Waals surface area contributed by atoms with Crippen LogP contribution in [0.15, 0.2) is 79.0 Å². The number of ether oxygens (including phenoxy) is 1. The fourth-order valence-corrected chi connectivity index (χ4v) is 4.93. The number of hydrogen-bond donors (Lipinski definition) is 5. The normalized spacial score (nSPS) is 14.4. The van der Waals surface area contributed by atoms with E-state index >= 15 is 0 Å². The van der Waals surface area contributed by atoms with Crippen LogP contribution in [0.3, 0.4) is 0 Å². The van der Waals surface area contributed by atoms with Crippen molar-refractivity contribution >= 4 is 17.9 Å².